The Morgan fingerprint density at radius 2 is 2.00 bits per heavy atom. The Morgan fingerprint density at radius 3 is 2.50 bits per heavy atom. The summed E-state index contributed by atoms with van der Waals surface area (Å²) in [6.07, 6.45) is 6.83. The van der Waals surface area contributed by atoms with Crippen molar-refractivity contribution in [3.05, 3.63) is 0 Å². The van der Waals surface area contributed by atoms with Crippen LogP contribution in [0.15, 0.2) is 0 Å². The van der Waals surface area contributed by atoms with Crippen LogP contribution >= 0.6 is 0 Å². The number of aliphatic hydroxyl groups is 1. The third-order valence-electron chi connectivity index (χ3n) is 3.98. The van der Waals surface area contributed by atoms with Gasteiger partial charge < -0.3 is 10.4 Å². The molecule has 14 heavy (non-hydrogen) atoms. The van der Waals surface area contributed by atoms with Gasteiger partial charge in [-0.25, -0.2) is 0 Å². The molecule has 1 aliphatic carbocycles. The molecule has 2 fully saturated rings. The molecule has 0 amide bonds. The molecule has 1 heterocycles. The highest BCUT2D eigenvalue weighted by Gasteiger charge is 2.46. The molecule has 1 saturated carbocycles. The Kier molecular flexibility index (Phi) is 2.61. The minimum Gasteiger partial charge on any atom is -0.388 e. The standard InChI is InChI=1S/C12H23NO/c1-11(2)6-7-12(14,9-11)10-5-3-4-8-13-10/h10,13-14H,3-9H2,1-2H3. The molecule has 2 aliphatic rings. The fourth-order valence-electron chi connectivity index (χ4n) is 3.17. The maximum absolute atomic E-state index is 10.6. The lowest BCUT2D eigenvalue weighted by Gasteiger charge is -2.37. The van der Waals surface area contributed by atoms with Crippen molar-refractivity contribution < 1.29 is 5.11 Å². The van der Waals surface area contributed by atoms with Gasteiger partial charge in [-0.3, -0.25) is 0 Å². The molecule has 0 aromatic heterocycles. The highest BCUT2D eigenvalue weighted by Crippen LogP contribution is 2.46. The molecular weight excluding hydrogens is 174 g/mol. The van der Waals surface area contributed by atoms with Crippen molar-refractivity contribution in [3.63, 3.8) is 0 Å². The van der Waals surface area contributed by atoms with Crippen LogP contribution in [0.2, 0.25) is 0 Å². The molecule has 2 heteroatoms. The van der Waals surface area contributed by atoms with E-state index >= 15 is 0 Å². The highest BCUT2D eigenvalue weighted by molar-refractivity contribution is 5.01. The second-order valence-electron chi connectivity index (χ2n) is 5.95. The molecule has 2 unspecified atom stereocenters. The normalized spacial score (nSPS) is 42.6. The molecule has 1 aliphatic heterocycles. The lowest BCUT2D eigenvalue weighted by molar-refractivity contribution is -0.00892. The predicted molar refractivity (Wildman–Crippen MR) is 58.2 cm³/mol. The molecule has 2 N–H and O–H groups in total. The summed E-state index contributed by atoms with van der Waals surface area (Å²) in [4.78, 5) is 0. The first-order valence-electron chi connectivity index (χ1n) is 5.98. The van der Waals surface area contributed by atoms with Gasteiger partial charge in [-0.2, -0.15) is 0 Å². The van der Waals surface area contributed by atoms with E-state index in [9.17, 15) is 5.11 Å². The van der Waals surface area contributed by atoms with Gasteiger partial charge in [0.1, 0.15) is 0 Å². The van der Waals surface area contributed by atoms with Gasteiger partial charge in [-0.1, -0.05) is 20.3 Å². The van der Waals surface area contributed by atoms with Crippen molar-refractivity contribution in [1.82, 2.24) is 5.32 Å². The van der Waals surface area contributed by atoms with Gasteiger partial charge in [0.15, 0.2) is 0 Å². The van der Waals surface area contributed by atoms with Crippen LogP contribution in [-0.2, 0) is 0 Å². The molecule has 0 radical (unpaired) electrons. The number of nitrogens with one attached hydrogen (secondary N) is 1. The summed E-state index contributed by atoms with van der Waals surface area (Å²) in [6.45, 7) is 5.63. The van der Waals surface area contributed by atoms with Crippen molar-refractivity contribution in [2.45, 2.75) is 64.0 Å². The second kappa shape index (κ2) is 3.49. The zero-order valence-electron chi connectivity index (χ0n) is 9.47. The monoisotopic (exact) mass is 197 g/mol. The van der Waals surface area contributed by atoms with E-state index in [0.29, 0.717) is 11.5 Å². The zero-order chi connectivity index (χ0) is 10.2. The number of piperidine rings is 1. The van der Waals surface area contributed by atoms with Crippen LogP contribution in [0.3, 0.4) is 0 Å². The van der Waals surface area contributed by atoms with Crippen molar-refractivity contribution in [2.75, 3.05) is 6.54 Å². The average molecular weight is 197 g/mol. The first kappa shape index (κ1) is 10.4. The molecule has 82 valence electrons. The molecule has 0 bridgehead atoms. The topological polar surface area (TPSA) is 32.3 Å². The molecule has 2 nitrogen and oxygen atoms in total. The molecule has 2 rings (SSSR count). The van der Waals surface area contributed by atoms with Crippen molar-refractivity contribution >= 4 is 0 Å². The molecule has 1 saturated heterocycles. The van der Waals surface area contributed by atoms with Crippen LogP contribution in [0.5, 0.6) is 0 Å². The quantitative estimate of drug-likeness (QED) is 0.674. The first-order chi connectivity index (χ1) is 6.52. The maximum atomic E-state index is 10.6. The summed E-state index contributed by atoms with van der Waals surface area (Å²) >= 11 is 0. The number of rotatable bonds is 1. The largest absolute Gasteiger partial charge is 0.388 e. The van der Waals surface area contributed by atoms with Gasteiger partial charge in [0.2, 0.25) is 0 Å². The van der Waals surface area contributed by atoms with Crippen LogP contribution in [0, 0.1) is 5.41 Å². The van der Waals surface area contributed by atoms with Crippen LogP contribution in [0.1, 0.15) is 52.4 Å². The Balaban J connectivity index is 2.01. The number of hydrogen-bond donors (Lipinski definition) is 2. The maximum Gasteiger partial charge on any atom is 0.0805 e. The Morgan fingerprint density at radius 1 is 1.21 bits per heavy atom. The van der Waals surface area contributed by atoms with Crippen molar-refractivity contribution in [2.24, 2.45) is 5.41 Å². The molecule has 0 aromatic carbocycles. The minimum absolute atomic E-state index is 0.341. The third-order valence-corrected chi connectivity index (χ3v) is 3.98. The molecule has 0 aromatic rings. The summed E-state index contributed by atoms with van der Waals surface area (Å²) in [5.74, 6) is 0. The van der Waals surface area contributed by atoms with Crippen molar-refractivity contribution in [3.8, 4) is 0 Å². The lowest BCUT2D eigenvalue weighted by Crippen LogP contribution is -2.51. The Hall–Kier alpha value is -0.0800. The SMILES string of the molecule is CC1(C)CCC(O)(C2CCCCN2)C1. The second-order valence-corrected chi connectivity index (χ2v) is 5.95. The van der Waals surface area contributed by atoms with E-state index < -0.39 is 5.60 Å². The van der Waals surface area contributed by atoms with Crippen LogP contribution in [0.4, 0.5) is 0 Å². The van der Waals surface area contributed by atoms with E-state index in [1.165, 1.54) is 19.3 Å². The van der Waals surface area contributed by atoms with Crippen LogP contribution in [-0.4, -0.2) is 23.3 Å². The fourth-order valence-corrected chi connectivity index (χ4v) is 3.17. The minimum atomic E-state index is -0.413. The van der Waals surface area contributed by atoms with Gasteiger partial charge in [0.25, 0.3) is 0 Å². The van der Waals surface area contributed by atoms with Gasteiger partial charge in [0, 0.05) is 6.04 Å². The molecule has 2 atom stereocenters. The van der Waals surface area contributed by atoms with Crippen molar-refractivity contribution in [1.29, 1.82) is 0 Å². The van der Waals surface area contributed by atoms with E-state index in [0.717, 1.165) is 25.8 Å². The summed E-state index contributed by atoms with van der Waals surface area (Å²) in [5, 5.41) is 14.1. The zero-order valence-corrected chi connectivity index (χ0v) is 9.47. The van der Waals surface area contributed by atoms with Gasteiger partial charge in [-0.15, -0.1) is 0 Å². The smallest absolute Gasteiger partial charge is 0.0805 e. The van der Waals surface area contributed by atoms with Crippen LogP contribution < -0.4 is 5.32 Å². The van der Waals surface area contributed by atoms with Gasteiger partial charge in [-0.05, 0) is 44.1 Å². The fraction of sp³-hybridized carbons (Fsp3) is 1.00. The summed E-state index contributed by atoms with van der Waals surface area (Å²) in [7, 11) is 0. The Bertz CT molecular complexity index is 208. The van der Waals surface area contributed by atoms with E-state index in [4.69, 9.17) is 0 Å². The molecule has 0 spiro atoms. The predicted octanol–water partition coefficient (Wildman–Crippen LogP) is 2.07. The van der Waals surface area contributed by atoms with Gasteiger partial charge in [0.05, 0.1) is 5.60 Å². The van der Waals surface area contributed by atoms with Crippen LogP contribution in [0.25, 0.3) is 0 Å². The molecular formula is C12H23NO. The summed E-state index contributed by atoms with van der Waals surface area (Å²) in [5.41, 5.74) is -0.0716. The summed E-state index contributed by atoms with van der Waals surface area (Å²) in [6, 6.07) is 0.359. The average Bonchev–Trinajstić information content (AvgIpc) is 2.44. The summed E-state index contributed by atoms with van der Waals surface area (Å²) < 4.78 is 0. The van der Waals surface area contributed by atoms with E-state index in [1.54, 1.807) is 0 Å². The first-order valence-corrected chi connectivity index (χ1v) is 5.98. The lowest BCUT2D eigenvalue weighted by atomic mass is 9.83. The van der Waals surface area contributed by atoms with Gasteiger partial charge >= 0.3 is 0 Å². The van der Waals surface area contributed by atoms with E-state index in [1.807, 2.05) is 0 Å². The Labute approximate surface area is 87.1 Å². The van der Waals surface area contributed by atoms with E-state index in [2.05, 4.69) is 19.2 Å². The number of hydrogen-bond acceptors (Lipinski definition) is 2. The highest BCUT2D eigenvalue weighted by atomic mass is 16.3. The van der Waals surface area contributed by atoms with E-state index in [-0.39, 0.29) is 0 Å². The third kappa shape index (κ3) is 1.96.